The van der Waals surface area contributed by atoms with Gasteiger partial charge in [-0.05, 0) is 36.4 Å². The summed E-state index contributed by atoms with van der Waals surface area (Å²) in [4.78, 5) is 30.5. The maximum Gasteiger partial charge on any atom is 0.247 e. The van der Waals surface area contributed by atoms with Crippen LogP contribution in [0, 0.1) is 11.5 Å². The highest BCUT2D eigenvalue weighted by molar-refractivity contribution is 9.10. The van der Waals surface area contributed by atoms with Crippen LogP contribution in [0.3, 0.4) is 0 Å². The van der Waals surface area contributed by atoms with Gasteiger partial charge in [0.25, 0.3) is 0 Å². The number of amides is 2. The normalized spacial score (nSPS) is 17.3. The Hall–Kier alpha value is -2.63. The maximum atomic E-state index is 12.7. The van der Waals surface area contributed by atoms with E-state index in [-0.39, 0.29) is 23.4 Å². The number of benzene rings is 2. The second kappa shape index (κ2) is 8.17. The van der Waals surface area contributed by atoms with E-state index in [0.29, 0.717) is 11.4 Å². The Morgan fingerprint density at radius 1 is 1.19 bits per heavy atom. The third-order valence-corrected chi connectivity index (χ3v) is 5.19. The van der Waals surface area contributed by atoms with Crippen LogP contribution in [0.15, 0.2) is 64.1 Å². The van der Waals surface area contributed by atoms with E-state index in [0.717, 1.165) is 16.2 Å². The van der Waals surface area contributed by atoms with Crippen LogP contribution in [-0.2, 0) is 9.59 Å². The average molecular weight is 429 g/mol. The fourth-order valence-corrected chi connectivity index (χ4v) is 3.67. The molecule has 1 fully saturated rings. The van der Waals surface area contributed by atoms with Gasteiger partial charge in [-0.1, -0.05) is 45.9 Å². The molecule has 0 spiro atoms. The molecule has 1 heterocycles. The molecule has 8 heteroatoms. The van der Waals surface area contributed by atoms with Gasteiger partial charge in [0.05, 0.1) is 11.4 Å². The lowest BCUT2D eigenvalue weighted by Gasteiger charge is -2.15. The Kier molecular flexibility index (Phi) is 5.71. The zero-order valence-corrected chi connectivity index (χ0v) is 15.8. The third-order valence-electron chi connectivity index (χ3n) is 3.59. The highest BCUT2D eigenvalue weighted by atomic mass is 79.9. The molecule has 1 saturated heterocycles. The monoisotopic (exact) mass is 428 g/mol. The van der Waals surface area contributed by atoms with Gasteiger partial charge < -0.3 is 0 Å². The molecule has 0 aromatic heterocycles. The smallest absolute Gasteiger partial charge is 0.247 e. The maximum absolute atomic E-state index is 12.7. The lowest BCUT2D eigenvalue weighted by molar-refractivity contribution is -0.121. The van der Waals surface area contributed by atoms with E-state index in [9.17, 15) is 9.59 Å². The van der Waals surface area contributed by atoms with Crippen molar-refractivity contribution in [1.82, 2.24) is 5.32 Å². The molecule has 0 radical (unpaired) electrons. The summed E-state index contributed by atoms with van der Waals surface area (Å²) in [6.45, 7) is 0. The molecular weight excluding hydrogens is 416 g/mol. The van der Waals surface area contributed by atoms with Gasteiger partial charge in [-0.2, -0.15) is 5.26 Å². The van der Waals surface area contributed by atoms with E-state index in [4.69, 9.17) is 5.26 Å². The predicted molar refractivity (Wildman–Crippen MR) is 105 cm³/mol. The molecule has 6 nitrogen and oxygen atoms in total. The number of halogens is 1. The minimum absolute atomic E-state index is 0.0560. The van der Waals surface area contributed by atoms with E-state index in [1.165, 1.54) is 4.90 Å². The number of hydrogen-bond donors (Lipinski definition) is 1. The van der Waals surface area contributed by atoms with Crippen LogP contribution < -0.4 is 10.2 Å². The van der Waals surface area contributed by atoms with Crippen molar-refractivity contribution in [2.24, 2.45) is 4.99 Å². The van der Waals surface area contributed by atoms with Gasteiger partial charge in [-0.25, -0.2) is 9.89 Å². The highest BCUT2D eigenvalue weighted by Gasteiger charge is 2.40. The molecule has 0 bridgehead atoms. The van der Waals surface area contributed by atoms with E-state index >= 15 is 0 Å². The molecule has 0 unspecified atom stereocenters. The summed E-state index contributed by atoms with van der Waals surface area (Å²) in [6, 6.07) is 16.0. The lowest BCUT2D eigenvalue weighted by Crippen LogP contribution is -2.32. The molecule has 0 saturated carbocycles. The Bertz CT molecular complexity index is 894. The van der Waals surface area contributed by atoms with Crippen LogP contribution >= 0.6 is 27.7 Å². The Morgan fingerprint density at radius 3 is 2.54 bits per heavy atom. The van der Waals surface area contributed by atoms with E-state index in [2.05, 4.69) is 26.2 Å². The summed E-state index contributed by atoms with van der Waals surface area (Å²) in [5.41, 5.74) is 1.18. The second-order valence-corrected chi connectivity index (χ2v) is 7.45. The summed E-state index contributed by atoms with van der Waals surface area (Å²) in [5, 5.41) is 11.1. The van der Waals surface area contributed by atoms with Crippen LogP contribution in [0.5, 0.6) is 0 Å². The van der Waals surface area contributed by atoms with Crippen molar-refractivity contribution < 1.29 is 9.59 Å². The highest BCUT2D eigenvalue weighted by Crippen LogP contribution is 2.31. The molecule has 26 heavy (non-hydrogen) atoms. The Balaban J connectivity index is 1.80. The number of carbonyl (C=O) groups is 2. The second-order valence-electron chi connectivity index (χ2n) is 5.34. The van der Waals surface area contributed by atoms with E-state index in [1.54, 1.807) is 36.4 Å². The van der Waals surface area contributed by atoms with Gasteiger partial charge in [-0.3, -0.25) is 14.9 Å². The van der Waals surface area contributed by atoms with Crippen LogP contribution in [0.2, 0.25) is 0 Å². The zero-order chi connectivity index (χ0) is 18.5. The summed E-state index contributed by atoms with van der Waals surface area (Å²) < 4.78 is 0.863. The molecule has 0 aliphatic carbocycles. The first-order valence-corrected chi connectivity index (χ1v) is 9.33. The fraction of sp³-hybridized carbons (Fsp3) is 0.111. The number of aliphatic imine (C=N–C) groups is 1. The fourth-order valence-electron chi connectivity index (χ4n) is 2.44. The Morgan fingerprint density at radius 2 is 1.88 bits per heavy atom. The molecule has 1 aliphatic heterocycles. The number of carbonyl (C=O) groups excluding carboxylic acids is 2. The van der Waals surface area contributed by atoms with Gasteiger partial charge in [0.1, 0.15) is 5.25 Å². The molecule has 1 N–H and O–H groups in total. The number of thioether (sulfide) groups is 1. The van der Waals surface area contributed by atoms with Crippen LogP contribution in [-0.4, -0.2) is 22.2 Å². The number of hydrogen-bond acceptors (Lipinski definition) is 5. The minimum atomic E-state index is -0.630. The summed E-state index contributed by atoms with van der Waals surface area (Å²) >= 11 is 4.41. The first-order chi connectivity index (χ1) is 12.6. The topological polar surface area (TPSA) is 85.6 Å². The van der Waals surface area contributed by atoms with Crippen LogP contribution in [0.1, 0.15) is 6.42 Å². The number of nitrogens with zero attached hydrogens (tertiary/aromatic N) is 3. The van der Waals surface area contributed by atoms with Gasteiger partial charge in [0.2, 0.25) is 11.8 Å². The van der Waals surface area contributed by atoms with Crippen molar-refractivity contribution in [3.63, 3.8) is 0 Å². The number of nitriles is 1. The third kappa shape index (κ3) is 4.12. The van der Waals surface area contributed by atoms with Crippen molar-refractivity contribution in [2.75, 3.05) is 4.90 Å². The molecule has 1 atom stereocenters. The van der Waals surface area contributed by atoms with Crippen molar-refractivity contribution >= 4 is 56.0 Å². The number of para-hydroxylation sites is 1. The standard InChI is InChI=1S/C18H13BrN4O2S/c19-12-6-8-14(9-7-12)23-16(24)10-15(17(23)25)26-18(21-11-20)22-13-4-2-1-3-5-13/h1-9,15H,10H2,(H,21,22)/t15-/m0/s1. The predicted octanol–water partition coefficient (Wildman–Crippen LogP) is 3.57. The van der Waals surface area contributed by atoms with Crippen molar-refractivity contribution in [3.05, 3.63) is 59.1 Å². The molecular formula is C18H13BrN4O2S. The van der Waals surface area contributed by atoms with Crippen LogP contribution in [0.25, 0.3) is 0 Å². The van der Waals surface area contributed by atoms with E-state index < -0.39 is 5.25 Å². The van der Waals surface area contributed by atoms with Gasteiger partial charge in [0.15, 0.2) is 11.4 Å². The van der Waals surface area contributed by atoms with Gasteiger partial charge in [-0.15, -0.1) is 0 Å². The average Bonchev–Trinajstić information content (AvgIpc) is 2.91. The van der Waals surface area contributed by atoms with Crippen molar-refractivity contribution in [3.8, 4) is 6.19 Å². The first-order valence-electron chi connectivity index (χ1n) is 7.66. The number of imide groups is 1. The quantitative estimate of drug-likeness (QED) is 0.265. The molecule has 2 aromatic rings. The van der Waals surface area contributed by atoms with E-state index in [1.807, 2.05) is 24.4 Å². The molecule has 2 aromatic carbocycles. The SMILES string of the molecule is N#CNC(=Nc1ccccc1)S[C@H]1CC(=O)N(c2ccc(Br)cc2)C1=O. The molecule has 1 aliphatic rings. The number of anilines is 1. The minimum Gasteiger partial charge on any atom is -0.274 e. The van der Waals surface area contributed by atoms with Gasteiger partial charge >= 0.3 is 0 Å². The summed E-state index contributed by atoms with van der Waals surface area (Å²) in [7, 11) is 0. The lowest BCUT2D eigenvalue weighted by atomic mass is 10.3. The van der Waals surface area contributed by atoms with Gasteiger partial charge in [0, 0.05) is 10.9 Å². The van der Waals surface area contributed by atoms with Crippen molar-refractivity contribution in [1.29, 1.82) is 5.26 Å². The Labute approximate surface area is 163 Å². The first kappa shape index (κ1) is 18.2. The number of rotatable bonds is 3. The molecule has 2 amide bonds. The van der Waals surface area contributed by atoms with Crippen LogP contribution in [0.4, 0.5) is 11.4 Å². The summed E-state index contributed by atoms with van der Waals surface area (Å²) in [5.74, 6) is -0.589. The zero-order valence-electron chi connectivity index (χ0n) is 13.4. The number of nitrogens with one attached hydrogen (secondary N) is 1. The van der Waals surface area contributed by atoms with Crippen molar-refractivity contribution in [2.45, 2.75) is 11.7 Å². The summed E-state index contributed by atoms with van der Waals surface area (Å²) in [6.07, 6.45) is 1.88. The number of amidine groups is 1. The largest absolute Gasteiger partial charge is 0.274 e. The molecule has 3 rings (SSSR count). The molecule has 130 valence electrons.